The zero-order valence-corrected chi connectivity index (χ0v) is 9.73. The lowest BCUT2D eigenvalue weighted by Crippen LogP contribution is -2.11. The maximum absolute atomic E-state index is 11.7. The number of carbonyl (C=O) groups is 1. The van der Waals surface area contributed by atoms with Crippen LogP contribution in [0.1, 0.15) is 10.5 Å². The van der Waals surface area contributed by atoms with E-state index < -0.39 is 5.97 Å². The summed E-state index contributed by atoms with van der Waals surface area (Å²) in [5.74, 6) is 0.121. The van der Waals surface area contributed by atoms with Gasteiger partial charge in [-0.15, -0.1) is 5.10 Å². The Hall–Kier alpha value is -2.15. The fourth-order valence-electron chi connectivity index (χ4n) is 1.19. The van der Waals surface area contributed by atoms with Gasteiger partial charge in [0.2, 0.25) is 5.69 Å². The molecule has 0 saturated carbocycles. The quantitative estimate of drug-likeness (QED) is 0.654. The second kappa shape index (κ2) is 4.79. The summed E-state index contributed by atoms with van der Waals surface area (Å²) in [5, 5.41) is 3.82. The summed E-state index contributed by atoms with van der Waals surface area (Å²) in [4.78, 5) is 11.7. The molecule has 0 atom stereocenters. The highest BCUT2D eigenvalue weighted by atomic mass is 32.1. The van der Waals surface area contributed by atoms with Crippen LogP contribution in [0.25, 0.3) is 0 Å². The van der Waals surface area contributed by atoms with Crippen LogP contribution in [0.2, 0.25) is 0 Å². The monoisotopic (exact) mass is 251 g/mol. The van der Waals surface area contributed by atoms with E-state index in [0.29, 0.717) is 11.5 Å². The van der Waals surface area contributed by atoms with E-state index >= 15 is 0 Å². The Morgan fingerprint density at radius 3 is 2.65 bits per heavy atom. The summed E-state index contributed by atoms with van der Waals surface area (Å²) in [6.45, 7) is 0. The number of rotatable bonds is 3. The molecule has 6 nitrogen and oxygen atoms in total. The number of methoxy groups -OCH3 is 1. The number of aromatic nitrogens is 2. The number of hydrogen-bond donors (Lipinski definition) is 1. The van der Waals surface area contributed by atoms with Crippen LogP contribution in [-0.2, 0) is 0 Å². The average Bonchev–Trinajstić information content (AvgIpc) is 2.76. The van der Waals surface area contributed by atoms with E-state index in [1.807, 2.05) is 0 Å². The van der Waals surface area contributed by atoms with Crippen LogP contribution in [-0.4, -0.2) is 22.7 Å². The van der Waals surface area contributed by atoms with E-state index in [0.717, 1.165) is 11.5 Å². The van der Waals surface area contributed by atoms with Crippen molar-refractivity contribution in [3.63, 3.8) is 0 Å². The number of nitrogen functional groups attached to an aromatic ring is 1. The number of benzene rings is 1. The van der Waals surface area contributed by atoms with Crippen molar-refractivity contribution in [3.8, 4) is 11.5 Å². The van der Waals surface area contributed by atoms with Crippen molar-refractivity contribution in [1.29, 1.82) is 0 Å². The second-order valence-corrected chi connectivity index (χ2v) is 3.81. The number of carbonyl (C=O) groups excluding carboxylic acids is 1. The van der Waals surface area contributed by atoms with Gasteiger partial charge in [-0.25, -0.2) is 4.79 Å². The van der Waals surface area contributed by atoms with Crippen LogP contribution in [0.15, 0.2) is 24.3 Å². The summed E-state index contributed by atoms with van der Waals surface area (Å²) < 4.78 is 13.7. The SMILES string of the molecule is COc1ccccc1OC(=O)c1nnsc1N. The molecule has 2 aromatic rings. The van der Waals surface area contributed by atoms with Crippen molar-refractivity contribution in [2.24, 2.45) is 0 Å². The van der Waals surface area contributed by atoms with Crippen LogP contribution in [0.3, 0.4) is 0 Å². The Balaban J connectivity index is 2.22. The van der Waals surface area contributed by atoms with Gasteiger partial charge >= 0.3 is 5.97 Å². The number of nitrogens with two attached hydrogens (primary N) is 1. The minimum Gasteiger partial charge on any atom is -0.493 e. The number of hydrogen-bond acceptors (Lipinski definition) is 7. The van der Waals surface area contributed by atoms with E-state index in [1.165, 1.54) is 7.11 Å². The van der Waals surface area contributed by atoms with Crippen molar-refractivity contribution in [2.45, 2.75) is 0 Å². The Labute approximate surface area is 101 Å². The Bertz CT molecular complexity index is 541. The van der Waals surface area contributed by atoms with Gasteiger partial charge in [0.25, 0.3) is 0 Å². The molecule has 88 valence electrons. The molecule has 1 aromatic carbocycles. The van der Waals surface area contributed by atoms with Crippen LogP contribution in [0.5, 0.6) is 11.5 Å². The van der Waals surface area contributed by atoms with Crippen molar-refractivity contribution >= 4 is 22.5 Å². The van der Waals surface area contributed by atoms with Crippen molar-refractivity contribution < 1.29 is 14.3 Å². The number of ether oxygens (including phenoxy) is 2. The van der Waals surface area contributed by atoms with Gasteiger partial charge in [-0.2, -0.15) is 0 Å². The molecule has 0 unspecified atom stereocenters. The van der Waals surface area contributed by atoms with Crippen molar-refractivity contribution in [3.05, 3.63) is 30.0 Å². The third-order valence-corrected chi connectivity index (χ3v) is 2.53. The topological polar surface area (TPSA) is 87.3 Å². The molecule has 7 heteroatoms. The third-order valence-electron chi connectivity index (χ3n) is 1.98. The zero-order valence-electron chi connectivity index (χ0n) is 8.91. The summed E-state index contributed by atoms with van der Waals surface area (Å²) in [5.41, 5.74) is 5.54. The first-order chi connectivity index (χ1) is 8.22. The first-order valence-corrected chi connectivity index (χ1v) is 5.42. The predicted octanol–water partition coefficient (Wildman–Crippen LogP) is 1.35. The largest absolute Gasteiger partial charge is 0.493 e. The van der Waals surface area contributed by atoms with E-state index in [-0.39, 0.29) is 10.7 Å². The third kappa shape index (κ3) is 2.34. The molecule has 2 rings (SSSR count). The van der Waals surface area contributed by atoms with E-state index in [2.05, 4.69) is 9.59 Å². The molecule has 0 aliphatic carbocycles. The molecule has 1 heterocycles. The normalized spacial score (nSPS) is 9.94. The molecule has 0 radical (unpaired) electrons. The van der Waals surface area contributed by atoms with Gasteiger partial charge in [0, 0.05) is 11.5 Å². The number of anilines is 1. The molecule has 0 amide bonds. The van der Waals surface area contributed by atoms with Crippen molar-refractivity contribution in [1.82, 2.24) is 9.59 Å². The molecule has 0 fully saturated rings. The van der Waals surface area contributed by atoms with Gasteiger partial charge in [-0.1, -0.05) is 16.6 Å². The van der Waals surface area contributed by atoms with E-state index in [1.54, 1.807) is 24.3 Å². The minimum atomic E-state index is -0.652. The molecular weight excluding hydrogens is 242 g/mol. The van der Waals surface area contributed by atoms with Gasteiger partial charge < -0.3 is 15.2 Å². The highest BCUT2D eigenvalue weighted by molar-refractivity contribution is 7.10. The molecular formula is C10H9N3O3S. The molecule has 1 aromatic heterocycles. The number of nitrogens with zero attached hydrogens (tertiary/aromatic N) is 2. The molecule has 2 N–H and O–H groups in total. The Kier molecular flexibility index (Phi) is 3.20. The number of para-hydroxylation sites is 2. The lowest BCUT2D eigenvalue weighted by molar-refractivity contribution is 0.0724. The minimum absolute atomic E-state index is 0.0147. The fraction of sp³-hybridized carbons (Fsp3) is 0.100. The van der Waals surface area contributed by atoms with Crippen LogP contribution >= 0.6 is 11.5 Å². The smallest absolute Gasteiger partial charge is 0.367 e. The van der Waals surface area contributed by atoms with Gasteiger partial charge in [-0.05, 0) is 12.1 Å². The Morgan fingerprint density at radius 1 is 1.35 bits per heavy atom. The molecule has 17 heavy (non-hydrogen) atoms. The van der Waals surface area contributed by atoms with Crippen LogP contribution in [0.4, 0.5) is 5.00 Å². The van der Waals surface area contributed by atoms with E-state index in [9.17, 15) is 4.79 Å². The molecule has 0 aliphatic rings. The van der Waals surface area contributed by atoms with Gasteiger partial charge in [0.15, 0.2) is 11.5 Å². The highest BCUT2D eigenvalue weighted by Crippen LogP contribution is 2.27. The van der Waals surface area contributed by atoms with Gasteiger partial charge in [0.05, 0.1) is 7.11 Å². The van der Waals surface area contributed by atoms with Crippen LogP contribution < -0.4 is 15.2 Å². The van der Waals surface area contributed by atoms with Crippen LogP contribution in [0, 0.1) is 0 Å². The fourth-order valence-corrected chi connectivity index (χ4v) is 1.61. The summed E-state index contributed by atoms with van der Waals surface area (Å²) in [6, 6.07) is 6.81. The number of esters is 1. The molecule has 0 bridgehead atoms. The second-order valence-electron chi connectivity index (χ2n) is 3.03. The highest BCUT2D eigenvalue weighted by Gasteiger charge is 2.18. The average molecular weight is 251 g/mol. The van der Waals surface area contributed by atoms with Crippen molar-refractivity contribution in [2.75, 3.05) is 12.8 Å². The summed E-state index contributed by atoms with van der Waals surface area (Å²) in [6.07, 6.45) is 0. The maximum atomic E-state index is 11.7. The lowest BCUT2D eigenvalue weighted by atomic mass is 10.3. The summed E-state index contributed by atoms with van der Waals surface area (Å²) >= 11 is 0.938. The zero-order chi connectivity index (χ0) is 12.3. The van der Waals surface area contributed by atoms with Gasteiger partial charge in [0.1, 0.15) is 5.00 Å². The molecule has 0 spiro atoms. The first-order valence-electron chi connectivity index (χ1n) is 4.65. The molecule has 0 aliphatic heterocycles. The predicted molar refractivity (Wildman–Crippen MR) is 62.3 cm³/mol. The lowest BCUT2D eigenvalue weighted by Gasteiger charge is -2.07. The summed E-state index contributed by atoms with van der Waals surface area (Å²) in [7, 11) is 1.49. The van der Waals surface area contributed by atoms with E-state index in [4.69, 9.17) is 15.2 Å². The van der Waals surface area contributed by atoms with Gasteiger partial charge in [-0.3, -0.25) is 0 Å². The maximum Gasteiger partial charge on any atom is 0.367 e. The standard InChI is InChI=1S/C10H9N3O3S/c1-15-6-4-2-3-5-7(6)16-10(14)8-9(11)17-13-12-8/h2-5H,11H2,1H3. The molecule has 0 saturated heterocycles. The Morgan fingerprint density at radius 2 is 2.06 bits per heavy atom. The first kappa shape index (κ1) is 11.3.